The number of nitrogens with one attached hydrogen (secondary N) is 2. The molecule has 1 aromatic rings. The van der Waals surface area contributed by atoms with Gasteiger partial charge in [-0.1, -0.05) is 11.8 Å². The summed E-state index contributed by atoms with van der Waals surface area (Å²) in [7, 11) is 0. The number of anilines is 1. The molecule has 6 nitrogen and oxygen atoms in total. The van der Waals surface area contributed by atoms with Crippen LogP contribution < -0.4 is 10.6 Å². The summed E-state index contributed by atoms with van der Waals surface area (Å²) in [6.07, 6.45) is 1.44. The summed E-state index contributed by atoms with van der Waals surface area (Å²) in [6.45, 7) is 0. The number of amides is 2. The fraction of sp³-hybridized carbons (Fsp3) is 0.250. The minimum Gasteiger partial charge on any atom is -0.334 e. The van der Waals surface area contributed by atoms with Gasteiger partial charge < -0.3 is 10.6 Å². The van der Waals surface area contributed by atoms with Gasteiger partial charge in [-0.15, -0.1) is 0 Å². The molecule has 2 rings (SSSR count). The third kappa shape index (κ3) is 2.61. The number of carbonyl (C=O) groups excluding carboxylic acids is 2. The fourth-order valence-electron chi connectivity index (χ4n) is 1.14. The van der Waals surface area contributed by atoms with Crippen LogP contribution in [0.15, 0.2) is 12.3 Å². The van der Waals surface area contributed by atoms with E-state index in [4.69, 9.17) is 11.6 Å². The molecule has 8 heteroatoms. The minimum atomic E-state index is -0.522. The van der Waals surface area contributed by atoms with Gasteiger partial charge in [-0.2, -0.15) is 0 Å². The lowest BCUT2D eigenvalue weighted by molar-refractivity contribution is -0.117. The van der Waals surface area contributed by atoms with Gasteiger partial charge in [-0.05, 0) is 17.7 Å². The Morgan fingerprint density at radius 2 is 2.50 bits per heavy atom. The van der Waals surface area contributed by atoms with Crippen LogP contribution in [-0.2, 0) is 4.79 Å². The molecular formula is C8H7ClN4O2S. The Bertz CT molecular complexity index is 442. The molecule has 0 spiro atoms. The predicted octanol–water partition coefficient (Wildman–Crippen LogP) is 0.893. The third-order valence-corrected chi connectivity index (χ3v) is 2.93. The Morgan fingerprint density at radius 3 is 3.12 bits per heavy atom. The Kier molecular flexibility index (Phi) is 3.25. The van der Waals surface area contributed by atoms with Crippen molar-refractivity contribution in [3.8, 4) is 0 Å². The fourth-order valence-corrected chi connectivity index (χ4v) is 2.07. The van der Waals surface area contributed by atoms with Gasteiger partial charge in [0.1, 0.15) is 11.9 Å². The van der Waals surface area contributed by atoms with Crippen LogP contribution in [0.4, 0.5) is 10.6 Å². The van der Waals surface area contributed by atoms with Crippen LogP contribution in [0, 0.1) is 0 Å². The van der Waals surface area contributed by atoms with Crippen molar-refractivity contribution in [2.24, 2.45) is 0 Å². The number of halogens is 1. The summed E-state index contributed by atoms with van der Waals surface area (Å²) >= 11 is 6.64. The maximum Gasteiger partial charge on any atom is 0.279 e. The number of nitrogens with zero attached hydrogens (tertiary/aromatic N) is 2. The Hall–Kier alpha value is -1.34. The predicted molar refractivity (Wildman–Crippen MR) is 60.4 cm³/mol. The maximum atomic E-state index is 11.6. The van der Waals surface area contributed by atoms with Crippen LogP contribution in [-0.4, -0.2) is 32.9 Å². The van der Waals surface area contributed by atoms with Crippen molar-refractivity contribution in [1.29, 1.82) is 0 Å². The number of carbonyl (C=O) groups is 2. The SMILES string of the molecule is O=C1NC(C(=O)Nc2ccnc(Cl)n2)CS1. The normalized spacial score (nSPS) is 19.3. The molecule has 1 atom stereocenters. The van der Waals surface area contributed by atoms with Gasteiger partial charge >= 0.3 is 0 Å². The first-order valence-electron chi connectivity index (χ1n) is 4.38. The second-order valence-corrected chi connectivity index (χ2v) is 4.33. The summed E-state index contributed by atoms with van der Waals surface area (Å²) < 4.78 is 0. The molecule has 84 valence electrons. The van der Waals surface area contributed by atoms with Crippen molar-refractivity contribution >= 4 is 40.3 Å². The number of hydrogen-bond donors (Lipinski definition) is 2. The first-order chi connectivity index (χ1) is 7.65. The number of hydrogen-bond acceptors (Lipinski definition) is 5. The first-order valence-corrected chi connectivity index (χ1v) is 5.74. The summed E-state index contributed by atoms with van der Waals surface area (Å²) in [6, 6.07) is 1.000. The van der Waals surface area contributed by atoms with E-state index in [2.05, 4.69) is 20.6 Å². The third-order valence-electron chi connectivity index (χ3n) is 1.87. The lowest BCUT2D eigenvalue weighted by Crippen LogP contribution is -2.38. The molecule has 1 aliphatic rings. The molecule has 1 saturated heterocycles. The van der Waals surface area contributed by atoms with Crippen molar-refractivity contribution in [3.05, 3.63) is 17.5 Å². The van der Waals surface area contributed by atoms with Crippen LogP contribution in [0.2, 0.25) is 5.28 Å². The van der Waals surface area contributed by atoms with Gasteiger partial charge in [0.15, 0.2) is 0 Å². The molecule has 1 unspecified atom stereocenters. The van der Waals surface area contributed by atoms with Crippen LogP contribution in [0.3, 0.4) is 0 Å². The zero-order chi connectivity index (χ0) is 11.5. The van der Waals surface area contributed by atoms with E-state index in [1.54, 1.807) is 0 Å². The molecule has 2 N–H and O–H groups in total. The van der Waals surface area contributed by atoms with Gasteiger partial charge in [-0.25, -0.2) is 9.97 Å². The molecule has 1 aromatic heterocycles. The molecular weight excluding hydrogens is 252 g/mol. The highest BCUT2D eigenvalue weighted by Gasteiger charge is 2.28. The monoisotopic (exact) mass is 258 g/mol. The molecule has 1 fully saturated rings. The zero-order valence-electron chi connectivity index (χ0n) is 7.94. The number of thioether (sulfide) groups is 1. The van der Waals surface area contributed by atoms with E-state index in [1.807, 2.05) is 0 Å². The molecule has 16 heavy (non-hydrogen) atoms. The second-order valence-electron chi connectivity index (χ2n) is 3.00. The average molecular weight is 259 g/mol. The largest absolute Gasteiger partial charge is 0.334 e. The summed E-state index contributed by atoms with van der Waals surface area (Å²) in [5.41, 5.74) is 0. The topological polar surface area (TPSA) is 84.0 Å². The van der Waals surface area contributed by atoms with Crippen LogP contribution in [0.25, 0.3) is 0 Å². The molecule has 0 radical (unpaired) electrons. The highest BCUT2D eigenvalue weighted by atomic mass is 35.5. The van der Waals surface area contributed by atoms with E-state index >= 15 is 0 Å². The van der Waals surface area contributed by atoms with Crippen LogP contribution >= 0.6 is 23.4 Å². The van der Waals surface area contributed by atoms with Gasteiger partial charge in [-0.3, -0.25) is 9.59 Å². The van der Waals surface area contributed by atoms with Crippen molar-refractivity contribution in [2.45, 2.75) is 6.04 Å². The van der Waals surface area contributed by atoms with Crippen molar-refractivity contribution in [2.75, 3.05) is 11.1 Å². The van der Waals surface area contributed by atoms with Crippen molar-refractivity contribution < 1.29 is 9.59 Å². The minimum absolute atomic E-state index is 0.0580. The van der Waals surface area contributed by atoms with Gasteiger partial charge in [0.05, 0.1) is 0 Å². The summed E-state index contributed by atoms with van der Waals surface area (Å²) in [5, 5.41) is 4.93. The first kappa shape index (κ1) is 11.2. The molecule has 0 saturated carbocycles. The second kappa shape index (κ2) is 4.67. The highest BCUT2D eigenvalue weighted by molar-refractivity contribution is 8.14. The quantitative estimate of drug-likeness (QED) is 0.770. The average Bonchev–Trinajstić information content (AvgIpc) is 2.65. The molecule has 0 aliphatic carbocycles. The lowest BCUT2D eigenvalue weighted by Gasteiger charge is -2.09. The van der Waals surface area contributed by atoms with E-state index in [1.165, 1.54) is 12.3 Å². The molecule has 1 aliphatic heterocycles. The highest BCUT2D eigenvalue weighted by Crippen LogP contribution is 2.14. The van der Waals surface area contributed by atoms with Gasteiger partial charge in [0.2, 0.25) is 11.2 Å². The molecule has 2 heterocycles. The van der Waals surface area contributed by atoms with E-state index < -0.39 is 6.04 Å². The van der Waals surface area contributed by atoms with E-state index in [0.717, 1.165) is 11.8 Å². The lowest BCUT2D eigenvalue weighted by atomic mass is 10.3. The summed E-state index contributed by atoms with van der Waals surface area (Å²) in [5.74, 6) is 0.424. The van der Waals surface area contributed by atoms with Gasteiger partial charge in [0.25, 0.3) is 5.24 Å². The van der Waals surface area contributed by atoms with Crippen LogP contribution in [0.1, 0.15) is 0 Å². The number of aromatic nitrogens is 2. The zero-order valence-corrected chi connectivity index (χ0v) is 9.51. The molecule has 0 aromatic carbocycles. The van der Waals surface area contributed by atoms with Crippen molar-refractivity contribution in [1.82, 2.24) is 15.3 Å². The van der Waals surface area contributed by atoms with Crippen molar-refractivity contribution in [3.63, 3.8) is 0 Å². The van der Waals surface area contributed by atoms with Gasteiger partial charge in [0, 0.05) is 11.9 Å². The van der Waals surface area contributed by atoms with Crippen LogP contribution in [0.5, 0.6) is 0 Å². The molecule has 2 amide bonds. The number of rotatable bonds is 2. The molecule has 0 bridgehead atoms. The Labute approximate surface area is 100 Å². The smallest absolute Gasteiger partial charge is 0.279 e. The maximum absolute atomic E-state index is 11.6. The Morgan fingerprint density at radius 1 is 1.69 bits per heavy atom. The standard InChI is InChI=1S/C8H7ClN4O2S/c9-7-10-2-1-5(13-7)12-6(14)4-3-16-8(15)11-4/h1-2,4H,3H2,(H,11,15)(H,10,12,13,14). The Balaban J connectivity index is 1.99. The summed E-state index contributed by atoms with van der Waals surface area (Å²) in [4.78, 5) is 30.0. The van der Waals surface area contributed by atoms with E-state index in [9.17, 15) is 9.59 Å². The van der Waals surface area contributed by atoms with E-state index in [0.29, 0.717) is 11.6 Å². The van der Waals surface area contributed by atoms with E-state index in [-0.39, 0.29) is 16.4 Å².